The maximum absolute atomic E-state index is 12.2. The molecule has 0 aliphatic rings. The second kappa shape index (κ2) is 10.2. The number of nitriles is 1. The van der Waals surface area contributed by atoms with Gasteiger partial charge in [0.2, 0.25) is 0 Å². The van der Waals surface area contributed by atoms with E-state index in [4.69, 9.17) is 21.6 Å². The molecule has 0 unspecified atom stereocenters. The highest BCUT2D eigenvalue weighted by Crippen LogP contribution is 2.31. The van der Waals surface area contributed by atoms with Crippen LogP contribution in [0.2, 0.25) is 5.02 Å². The van der Waals surface area contributed by atoms with Gasteiger partial charge >= 0.3 is 6.03 Å². The van der Waals surface area contributed by atoms with Crippen molar-refractivity contribution in [1.82, 2.24) is 15.3 Å². The van der Waals surface area contributed by atoms with E-state index in [2.05, 4.69) is 25.9 Å². The van der Waals surface area contributed by atoms with Crippen LogP contribution >= 0.6 is 11.6 Å². The number of aromatic nitrogens is 2. The number of anilines is 2. The number of nitrogens with zero attached hydrogens (tertiary/aromatic N) is 3. The number of urea groups is 1. The quantitative estimate of drug-likeness (QED) is 0.578. The first-order valence-electron chi connectivity index (χ1n) is 8.32. The summed E-state index contributed by atoms with van der Waals surface area (Å²) in [5, 5.41) is 17.3. The maximum atomic E-state index is 12.2. The van der Waals surface area contributed by atoms with Crippen LogP contribution in [0.25, 0.3) is 0 Å². The maximum Gasteiger partial charge on any atom is 0.325 e. The molecule has 2 amide bonds. The van der Waals surface area contributed by atoms with Crippen LogP contribution in [0.1, 0.15) is 18.2 Å². The average Bonchev–Trinajstić information content (AvgIpc) is 2.69. The van der Waals surface area contributed by atoms with E-state index in [-0.39, 0.29) is 17.6 Å². The Morgan fingerprint density at radius 2 is 2.14 bits per heavy atom. The van der Waals surface area contributed by atoms with Crippen molar-refractivity contribution in [2.24, 2.45) is 0 Å². The molecule has 0 aliphatic heterocycles. The molecule has 0 aliphatic carbocycles. The van der Waals surface area contributed by atoms with Crippen molar-refractivity contribution in [3.8, 4) is 11.8 Å². The number of carbonyl (C=O) groups is 2. The molecule has 2 rings (SSSR count). The van der Waals surface area contributed by atoms with Crippen LogP contribution in [0.15, 0.2) is 24.5 Å². The van der Waals surface area contributed by atoms with Crippen molar-refractivity contribution >= 4 is 35.4 Å². The van der Waals surface area contributed by atoms with Crippen molar-refractivity contribution in [1.29, 1.82) is 5.26 Å². The molecule has 0 fully saturated rings. The van der Waals surface area contributed by atoms with Gasteiger partial charge in [-0.05, 0) is 37.6 Å². The fraction of sp³-hybridized carbons (Fsp3) is 0.278. The molecule has 1 atom stereocenters. The van der Waals surface area contributed by atoms with Crippen molar-refractivity contribution in [2.45, 2.75) is 19.4 Å². The smallest absolute Gasteiger partial charge is 0.325 e. The molecule has 28 heavy (non-hydrogen) atoms. The number of hydrogen-bond donors (Lipinski definition) is 3. The predicted octanol–water partition coefficient (Wildman–Crippen LogP) is 2.37. The Morgan fingerprint density at radius 3 is 2.75 bits per heavy atom. The number of amides is 2. The van der Waals surface area contributed by atoms with E-state index >= 15 is 0 Å². The number of aldehydes is 1. The minimum absolute atomic E-state index is 0.145. The van der Waals surface area contributed by atoms with E-state index in [1.165, 1.54) is 19.5 Å². The highest BCUT2D eigenvalue weighted by Gasteiger charge is 2.13. The summed E-state index contributed by atoms with van der Waals surface area (Å²) >= 11 is 6.31. The normalized spacial score (nSPS) is 11.2. The Labute approximate surface area is 167 Å². The Hall–Kier alpha value is -3.22. The van der Waals surface area contributed by atoms with Crippen molar-refractivity contribution in [3.05, 3.63) is 40.8 Å². The molecule has 0 spiro atoms. The molecule has 146 valence electrons. The molecule has 0 saturated heterocycles. The summed E-state index contributed by atoms with van der Waals surface area (Å²) < 4.78 is 5.33. The highest BCUT2D eigenvalue weighted by atomic mass is 35.5. The zero-order valence-electron chi connectivity index (χ0n) is 15.3. The molecule has 9 nitrogen and oxygen atoms in total. The summed E-state index contributed by atoms with van der Waals surface area (Å²) in [6.07, 6.45) is 3.94. The zero-order valence-corrected chi connectivity index (χ0v) is 16.1. The first kappa shape index (κ1) is 21.1. The van der Waals surface area contributed by atoms with Crippen molar-refractivity contribution in [3.63, 3.8) is 0 Å². The monoisotopic (exact) mass is 402 g/mol. The first-order chi connectivity index (χ1) is 13.5. The molecule has 0 bridgehead atoms. The van der Waals surface area contributed by atoms with Gasteiger partial charge in [0.25, 0.3) is 0 Å². The van der Waals surface area contributed by atoms with E-state index in [1.54, 1.807) is 19.1 Å². The van der Waals surface area contributed by atoms with Gasteiger partial charge in [0.1, 0.15) is 18.1 Å². The van der Waals surface area contributed by atoms with E-state index < -0.39 is 6.03 Å². The summed E-state index contributed by atoms with van der Waals surface area (Å²) in [5.41, 5.74) is 1.34. The number of hydrogen-bond acceptors (Lipinski definition) is 7. The van der Waals surface area contributed by atoms with E-state index in [0.29, 0.717) is 29.4 Å². The number of nitrogens with one attached hydrogen (secondary N) is 3. The van der Waals surface area contributed by atoms with Crippen molar-refractivity contribution < 1.29 is 14.3 Å². The third kappa shape index (κ3) is 5.90. The van der Waals surface area contributed by atoms with Gasteiger partial charge in [0, 0.05) is 5.02 Å². The molecular weight excluding hydrogens is 384 g/mol. The molecule has 10 heteroatoms. The van der Waals surface area contributed by atoms with Crippen LogP contribution in [-0.2, 0) is 11.2 Å². The van der Waals surface area contributed by atoms with Gasteiger partial charge < -0.3 is 20.2 Å². The minimum atomic E-state index is -0.567. The minimum Gasteiger partial charge on any atom is -0.495 e. The van der Waals surface area contributed by atoms with Gasteiger partial charge in [0.15, 0.2) is 11.5 Å². The number of rotatable bonds is 8. The third-order valence-corrected chi connectivity index (χ3v) is 4.04. The molecular formula is C18H19ClN6O3. The molecule has 2 aromatic rings. The molecule has 3 N–H and O–H groups in total. The summed E-state index contributed by atoms with van der Waals surface area (Å²) in [4.78, 5) is 30.6. The van der Waals surface area contributed by atoms with E-state index in [1.807, 2.05) is 6.07 Å². The Balaban J connectivity index is 2.05. The fourth-order valence-electron chi connectivity index (χ4n) is 2.26. The lowest BCUT2D eigenvalue weighted by Crippen LogP contribution is -2.29. The van der Waals surface area contributed by atoms with Crippen molar-refractivity contribution in [2.75, 3.05) is 24.3 Å². The van der Waals surface area contributed by atoms with Crippen LogP contribution in [-0.4, -0.2) is 42.0 Å². The molecule has 1 aromatic heterocycles. The van der Waals surface area contributed by atoms with E-state index in [0.717, 1.165) is 11.8 Å². The lowest BCUT2D eigenvalue weighted by Gasteiger charge is -2.14. The lowest BCUT2D eigenvalue weighted by atomic mass is 10.1. The average molecular weight is 403 g/mol. The predicted molar refractivity (Wildman–Crippen MR) is 105 cm³/mol. The SMILES string of the molecule is COc1cc(CCN[C@H](C)C=O)c(Cl)cc1NC(=O)Nc1cnc(C#N)cn1. The molecule has 0 saturated carbocycles. The number of methoxy groups -OCH3 is 1. The zero-order chi connectivity index (χ0) is 20.5. The Kier molecular flexibility index (Phi) is 7.68. The second-order valence-corrected chi connectivity index (χ2v) is 6.16. The van der Waals surface area contributed by atoms with Crippen LogP contribution in [0.4, 0.5) is 16.3 Å². The number of ether oxygens (including phenoxy) is 1. The van der Waals surface area contributed by atoms with Gasteiger partial charge in [0.05, 0.1) is 31.2 Å². The first-order valence-corrected chi connectivity index (χ1v) is 8.69. The Morgan fingerprint density at radius 1 is 1.36 bits per heavy atom. The third-order valence-electron chi connectivity index (χ3n) is 3.69. The van der Waals surface area contributed by atoms with E-state index in [9.17, 15) is 9.59 Å². The van der Waals surface area contributed by atoms with Crippen LogP contribution in [0.3, 0.4) is 0 Å². The van der Waals surface area contributed by atoms with Crippen LogP contribution < -0.4 is 20.7 Å². The highest BCUT2D eigenvalue weighted by molar-refractivity contribution is 6.31. The second-order valence-electron chi connectivity index (χ2n) is 5.75. The van der Waals surface area contributed by atoms with Gasteiger partial charge in [-0.1, -0.05) is 11.6 Å². The van der Waals surface area contributed by atoms with Crippen LogP contribution in [0, 0.1) is 11.3 Å². The largest absolute Gasteiger partial charge is 0.495 e. The van der Waals surface area contributed by atoms with Gasteiger partial charge in [-0.3, -0.25) is 5.32 Å². The Bertz CT molecular complexity index is 882. The summed E-state index contributed by atoms with van der Waals surface area (Å²) in [5.74, 6) is 0.623. The number of benzene rings is 1. The molecule has 1 heterocycles. The number of halogens is 1. The summed E-state index contributed by atoms with van der Waals surface area (Å²) in [7, 11) is 1.48. The number of carbonyl (C=O) groups excluding carboxylic acids is 2. The van der Waals surface area contributed by atoms with Gasteiger partial charge in [-0.15, -0.1) is 0 Å². The standard InChI is InChI=1S/C18H19ClN6O3/c1-11(10-26)21-4-3-12-5-16(28-2)15(6-14(12)19)24-18(27)25-17-9-22-13(7-20)8-23-17/h5-6,8-11,21H,3-4H2,1-2H3,(H2,23,24,25,27)/t11-/m1/s1. The summed E-state index contributed by atoms with van der Waals surface area (Å²) in [6, 6.07) is 4.35. The topological polar surface area (TPSA) is 129 Å². The molecule has 0 radical (unpaired) electrons. The fourth-order valence-corrected chi connectivity index (χ4v) is 2.51. The summed E-state index contributed by atoms with van der Waals surface area (Å²) in [6.45, 7) is 2.33. The van der Waals surface area contributed by atoms with Gasteiger partial charge in [-0.2, -0.15) is 5.26 Å². The van der Waals surface area contributed by atoms with Gasteiger partial charge in [-0.25, -0.2) is 14.8 Å². The lowest BCUT2D eigenvalue weighted by molar-refractivity contribution is -0.109. The molecule has 1 aromatic carbocycles. The van der Waals surface area contributed by atoms with Crippen LogP contribution in [0.5, 0.6) is 5.75 Å².